The Morgan fingerprint density at radius 2 is 0.824 bits per heavy atom. The molecular weight excluding hydrogens is 893 g/mol. The number of hydrogen-bond donors (Lipinski definition) is 13. The number of nitrogens with one attached hydrogen (secondary N) is 8. The van der Waals surface area contributed by atoms with Crippen LogP contribution in [0.2, 0.25) is 0 Å². The van der Waals surface area contributed by atoms with Crippen molar-refractivity contribution in [2.75, 3.05) is 13.1 Å². The van der Waals surface area contributed by atoms with Crippen LogP contribution >= 0.6 is 0 Å². The molecule has 0 spiro atoms. The summed E-state index contributed by atoms with van der Waals surface area (Å²) >= 11 is 0. The standard InChI is InChI=1S/C44H68N10O14/c1-5-24(4)36-44(68)52-31(22-34(59)60)41(65)51-29(20-32(55)56)39(63)48-26(15-9-11-17-45)37(61)47-27(16-10-12-18-46)38(62)50-30(21-33(57)58)40(64)49-28(19-25-13-7-6-8-14-25)42(66)53-35(23(2)3)43(67)54-36/h6-8,13-14,23-24,26-31,35-36H,5,9-12,15-22,45-46H2,1-4H3,(H,47,61)(H,48,63)(H,49,64)(H,50,62)(H,51,65)(H,52,68)(H,53,66)(H,54,67)(H,55,56)(H,57,58)(H,59,60)/t24-,26-,27-,28-,29-,30-,31-,35-,36-/m0/s1. The largest absolute Gasteiger partial charge is 0.481 e. The summed E-state index contributed by atoms with van der Waals surface area (Å²) in [5, 5.41) is 48.7. The van der Waals surface area contributed by atoms with E-state index in [0.29, 0.717) is 18.4 Å². The number of amides is 8. The smallest absolute Gasteiger partial charge is 0.305 e. The Bertz CT molecular complexity index is 1940. The molecule has 1 aliphatic rings. The lowest BCUT2D eigenvalue weighted by atomic mass is 9.95. The average molecular weight is 961 g/mol. The molecule has 68 heavy (non-hydrogen) atoms. The van der Waals surface area contributed by atoms with Crippen molar-refractivity contribution in [2.45, 2.75) is 147 Å². The fourth-order valence-corrected chi connectivity index (χ4v) is 7.09. The molecule has 8 amide bonds. The van der Waals surface area contributed by atoms with E-state index in [4.69, 9.17) is 11.5 Å². The van der Waals surface area contributed by atoms with Crippen LogP contribution in [0.25, 0.3) is 0 Å². The van der Waals surface area contributed by atoms with Crippen molar-refractivity contribution in [1.82, 2.24) is 42.5 Å². The van der Waals surface area contributed by atoms with E-state index in [1.165, 1.54) is 0 Å². The first kappa shape index (κ1) is 57.4. The second-order valence-electron chi connectivity index (χ2n) is 17.0. The molecular formula is C44H68N10O14. The van der Waals surface area contributed by atoms with Gasteiger partial charge in [0.2, 0.25) is 47.3 Å². The summed E-state index contributed by atoms with van der Waals surface area (Å²) < 4.78 is 0. The number of benzene rings is 1. The van der Waals surface area contributed by atoms with Crippen LogP contribution in [0.3, 0.4) is 0 Å². The molecule has 0 bridgehead atoms. The zero-order valence-electron chi connectivity index (χ0n) is 38.8. The molecule has 9 atom stereocenters. The topological polar surface area (TPSA) is 397 Å². The van der Waals surface area contributed by atoms with E-state index in [1.807, 2.05) is 0 Å². The second-order valence-corrected chi connectivity index (χ2v) is 17.0. The van der Waals surface area contributed by atoms with Gasteiger partial charge < -0.3 is 69.3 Å². The molecule has 0 saturated carbocycles. The van der Waals surface area contributed by atoms with Gasteiger partial charge in [0.15, 0.2) is 0 Å². The van der Waals surface area contributed by atoms with Gasteiger partial charge in [0.25, 0.3) is 0 Å². The van der Waals surface area contributed by atoms with Gasteiger partial charge in [0.1, 0.15) is 48.3 Å². The summed E-state index contributed by atoms with van der Waals surface area (Å²) in [7, 11) is 0. The molecule has 0 unspecified atom stereocenters. The highest BCUT2D eigenvalue weighted by Crippen LogP contribution is 2.14. The third-order valence-corrected chi connectivity index (χ3v) is 11.2. The summed E-state index contributed by atoms with van der Waals surface area (Å²) in [4.78, 5) is 148. The summed E-state index contributed by atoms with van der Waals surface area (Å²) in [6.07, 6.45) is -2.16. The SMILES string of the molecule is CC[C@H](C)[C@@H]1NC(=O)[C@H](C(C)C)NC(=O)[C@H](Cc2ccccc2)NC(=O)[C@H](CC(=O)O)NC(=O)[C@H](CCCCN)NC(=O)[C@H](CCCCN)NC(=O)[C@H](CC(=O)O)NC(=O)[C@H](CC(=O)O)NC1=O. The molecule has 2 rings (SSSR count). The molecule has 1 saturated heterocycles. The third kappa shape index (κ3) is 19.6. The maximum absolute atomic E-state index is 14.2. The van der Waals surface area contributed by atoms with Crippen molar-refractivity contribution in [2.24, 2.45) is 23.3 Å². The molecule has 15 N–H and O–H groups in total. The molecule has 0 radical (unpaired) electrons. The Labute approximate surface area is 394 Å². The van der Waals surface area contributed by atoms with Crippen molar-refractivity contribution in [3.63, 3.8) is 0 Å². The van der Waals surface area contributed by atoms with Gasteiger partial charge >= 0.3 is 17.9 Å². The van der Waals surface area contributed by atoms with Gasteiger partial charge in [-0.15, -0.1) is 0 Å². The van der Waals surface area contributed by atoms with E-state index in [-0.39, 0.29) is 51.6 Å². The summed E-state index contributed by atoms with van der Waals surface area (Å²) in [6.45, 7) is 6.74. The highest BCUT2D eigenvalue weighted by Gasteiger charge is 2.38. The monoisotopic (exact) mass is 960 g/mol. The van der Waals surface area contributed by atoms with Crippen molar-refractivity contribution >= 4 is 65.2 Å². The number of carboxylic acid groups (broad SMARTS) is 3. The highest BCUT2D eigenvalue weighted by atomic mass is 16.4. The number of nitrogens with two attached hydrogens (primary N) is 2. The van der Waals surface area contributed by atoms with Crippen LogP contribution in [0, 0.1) is 11.8 Å². The predicted octanol–water partition coefficient (Wildman–Crippen LogP) is -2.49. The Hall–Kier alpha value is -6.69. The van der Waals surface area contributed by atoms with Crippen LogP contribution in [0.4, 0.5) is 0 Å². The fraction of sp³-hybridized carbons (Fsp3) is 0.614. The quantitative estimate of drug-likeness (QED) is 0.0638. The van der Waals surface area contributed by atoms with Gasteiger partial charge in [-0.1, -0.05) is 64.4 Å². The zero-order valence-corrected chi connectivity index (χ0v) is 38.8. The number of hydrogen-bond acceptors (Lipinski definition) is 13. The molecule has 1 aromatic rings. The number of aliphatic carboxylic acids is 3. The van der Waals surface area contributed by atoms with Crippen molar-refractivity contribution < 1.29 is 68.1 Å². The first-order valence-corrected chi connectivity index (χ1v) is 22.6. The summed E-state index contributed by atoms with van der Waals surface area (Å²) in [6, 6.07) is -4.78. The Morgan fingerprint density at radius 1 is 0.485 bits per heavy atom. The average Bonchev–Trinajstić information content (AvgIpc) is 3.27. The number of carbonyl (C=O) groups is 11. The molecule has 24 nitrogen and oxygen atoms in total. The van der Waals surface area contributed by atoms with Crippen LogP contribution in [0.5, 0.6) is 0 Å². The number of carboxylic acids is 3. The zero-order chi connectivity index (χ0) is 51.1. The fourth-order valence-electron chi connectivity index (χ4n) is 7.09. The van der Waals surface area contributed by atoms with Gasteiger partial charge in [-0.25, -0.2) is 0 Å². The lowest BCUT2D eigenvalue weighted by Gasteiger charge is -2.31. The number of unbranched alkanes of at least 4 members (excludes halogenated alkanes) is 2. The van der Waals surface area contributed by atoms with E-state index >= 15 is 0 Å². The second kappa shape index (κ2) is 29.2. The lowest BCUT2D eigenvalue weighted by Crippen LogP contribution is -2.63. The summed E-state index contributed by atoms with van der Waals surface area (Å²) in [5.74, 6) is -14.6. The Balaban J connectivity index is 2.85. The Kier molecular flexibility index (Phi) is 24.6. The number of carbonyl (C=O) groups excluding carboxylic acids is 8. The van der Waals surface area contributed by atoms with Crippen molar-refractivity contribution in [3.05, 3.63) is 35.9 Å². The number of rotatable bonds is 19. The van der Waals surface area contributed by atoms with Gasteiger partial charge in [-0.3, -0.25) is 52.7 Å². The van der Waals surface area contributed by atoms with Gasteiger partial charge in [-0.2, -0.15) is 0 Å². The van der Waals surface area contributed by atoms with Crippen LogP contribution in [0.1, 0.15) is 97.5 Å². The maximum atomic E-state index is 14.2. The van der Waals surface area contributed by atoms with Crippen molar-refractivity contribution in [1.29, 1.82) is 0 Å². The van der Waals surface area contributed by atoms with E-state index in [1.54, 1.807) is 58.0 Å². The first-order valence-electron chi connectivity index (χ1n) is 22.6. The highest BCUT2D eigenvalue weighted by molar-refractivity contribution is 6.00. The molecule has 1 aromatic carbocycles. The Morgan fingerprint density at radius 3 is 1.21 bits per heavy atom. The van der Waals surface area contributed by atoms with E-state index < -0.39 is 145 Å². The molecule has 1 fully saturated rings. The van der Waals surface area contributed by atoms with Crippen molar-refractivity contribution in [3.8, 4) is 0 Å². The lowest BCUT2D eigenvalue weighted by molar-refractivity contribution is -0.144. The van der Waals surface area contributed by atoms with Crippen LogP contribution in [0.15, 0.2) is 30.3 Å². The third-order valence-electron chi connectivity index (χ3n) is 11.2. The summed E-state index contributed by atoms with van der Waals surface area (Å²) in [5.41, 5.74) is 11.9. The molecule has 1 heterocycles. The van der Waals surface area contributed by atoms with E-state index in [2.05, 4.69) is 42.5 Å². The predicted molar refractivity (Wildman–Crippen MR) is 242 cm³/mol. The molecule has 0 aliphatic carbocycles. The van der Waals surface area contributed by atoms with E-state index in [9.17, 15) is 68.1 Å². The molecule has 378 valence electrons. The van der Waals surface area contributed by atoms with Crippen LogP contribution in [-0.4, -0.2) is 142 Å². The first-order chi connectivity index (χ1) is 32.1. The molecule has 1 aliphatic heterocycles. The van der Waals surface area contributed by atoms with E-state index in [0.717, 1.165) is 0 Å². The minimum atomic E-state index is -1.96. The minimum absolute atomic E-state index is 0.108. The normalized spacial score (nSPS) is 24.6. The van der Waals surface area contributed by atoms with Gasteiger partial charge in [0.05, 0.1) is 19.3 Å². The van der Waals surface area contributed by atoms with Gasteiger partial charge in [-0.05, 0) is 69.0 Å². The maximum Gasteiger partial charge on any atom is 0.305 e. The minimum Gasteiger partial charge on any atom is -0.481 e. The van der Waals surface area contributed by atoms with Crippen LogP contribution in [-0.2, 0) is 59.2 Å². The van der Waals surface area contributed by atoms with Crippen LogP contribution < -0.4 is 54.0 Å². The molecule has 0 aromatic heterocycles. The molecule has 24 heteroatoms. The van der Waals surface area contributed by atoms with Gasteiger partial charge in [0, 0.05) is 6.42 Å².